The third-order valence-corrected chi connectivity index (χ3v) is 12.8. The molecule has 4 aromatic carbocycles. The Morgan fingerprint density at radius 3 is 0.784 bits per heavy atom. The van der Waals surface area contributed by atoms with Gasteiger partial charge in [-0.2, -0.15) is 0 Å². The lowest BCUT2D eigenvalue weighted by Crippen LogP contribution is -2.13. The number of hydrogen-bond acceptors (Lipinski definition) is 18. The van der Waals surface area contributed by atoms with E-state index in [0.29, 0.717) is 78.0 Å². The van der Waals surface area contributed by atoms with Crippen molar-refractivity contribution in [3.8, 4) is 90.5 Å². The highest BCUT2D eigenvalue weighted by Crippen LogP contribution is 2.44. The van der Waals surface area contributed by atoms with Gasteiger partial charge in [0.2, 0.25) is 0 Å². The van der Waals surface area contributed by atoms with Crippen LogP contribution in [0.3, 0.4) is 0 Å². The van der Waals surface area contributed by atoms with Crippen molar-refractivity contribution in [2.45, 2.75) is 12.8 Å². The lowest BCUT2D eigenvalue weighted by molar-refractivity contribution is -0.140. The van der Waals surface area contributed by atoms with E-state index in [1.54, 1.807) is 60.7 Å². The summed E-state index contributed by atoms with van der Waals surface area (Å²) in [7, 11) is 0. The fourth-order valence-corrected chi connectivity index (χ4v) is 9.42. The Kier molecular flexibility index (Phi) is 18.3. The molecule has 0 spiro atoms. The summed E-state index contributed by atoms with van der Waals surface area (Å²) in [6, 6.07) is 24.2. The zero-order valence-electron chi connectivity index (χ0n) is 45.5. The Balaban J connectivity index is 1.43. The van der Waals surface area contributed by atoms with Crippen molar-refractivity contribution in [1.29, 1.82) is 0 Å². The molecule has 0 atom stereocenters. The van der Waals surface area contributed by atoms with E-state index in [9.17, 15) is 79.2 Å². The number of carboxylic acid groups (broad SMARTS) is 8. The zero-order valence-corrected chi connectivity index (χ0v) is 45.5. The first kappa shape index (κ1) is 60.5. The molecule has 0 saturated heterocycles. The molecule has 0 amide bonds. The Morgan fingerprint density at radius 2 is 0.534 bits per heavy atom. The maximum atomic E-state index is 11.9. The minimum Gasteiger partial charge on any atom is -0.479 e. The summed E-state index contributed by atoms with van der Waals surface area (Å²) in [5.74, 6) is -11.9. The van der Waals surface area contributed by atoms with Gasteiger partial charge < -0.3 is 88.7 Å². The highest BCUT2D eigenvalue weighted by Gasteiger charge is 2.25. The number of ether oxygens (including phenoxy) is 8. The van der Waals surface area contributed by atoms with E-state index in [0.717, 1.165) is 0 Å². The second kappa shape index (κ2) is 26.6. The van der Waals surface area contributed by atoms with E-state index in [2.05, 4.69) is 9.97 Å². The Labute approximate surface area is 493 Å². The Hall–Kier alpha value is -12.1. The molecule has 88 heavy (non-hydrogen) atoms. The van der Waals surface area contributed by atoms with Crippen LogP contribution in [0.2, 0.25) is 0 Å². The maximum Gasteiger partial charge on any atom is 0.341 e. The monoisotopic (exact) mass is 1210 g/mol. The molecule has 2 aliphatic heterocycles. The van der Waals surface area contributed by atoms with E-state index in [4.69, 9.17) is 47.9 Å². The van der Waals surface area contributed by atoms with Gasteiger partial charge in [0.05, 0.1) is 22.8 Å². The van der Waals surface area contributed by atoms with Crippen LogP contribution in [0, 0.1) is 0 Å². The number of nitrogens with zero attached hydrogens (tertiary/aromatic N) is 2. The normalized spacial score (nSPS) is 11.5. The number of fused-ring (bicyclic) bond motifs is 8. The third-order valence-electron chi connectivity index (χ3n) is 12.8. The van der Waals surface area contributed by atoms with Crippen molar-refractivity contribution < 1.29 is 117 Å². The number of aromatic amines is 2. The van der Waals surface area contributed by atoms with Crippen molar-refractivity contribution in [2.75, 3.05) is 52.9 Å². The summed E-state index contributed by atoms with van der Waals surface area (Å²) in [4.78, 5) is 111. The largest absolute Gasteiger partial charge is 0.479 e. The van der Waals surface area contributed by atoms with Crippen molar-refractivity contribution in [1.82, 2.24) is 19.9 Å². The molecule has 2 aliphatic rings. The quantitative estimate of drug-likeness (QED) is 0.0245. The van der Waals surface area contributed by atoms with Crippen LogP contribution in [0.15, 0.2) is 97.1 Å². The molecule has 0 radical (unpaired) electrons. The van der Waals surface area contributed by atoms with Crippen LogP contribution >= 0.6 is 0 Å². The number of hydrogen-bond donors (Lipinski definition) is 10. The second-order valence-corrected chi connectivity index (χ2v) is 18.9. The van der Waals surface area contributed by atoms with Gasteiger partial charge in [-0.25, -0.2) is 43.3 Å². The number of H-pyrrole nitrogens is 2. The number of benzene rings is 4. The van der Waals surface area contributed by atoms with Crippen LogP contribution in [0.1, 0.15) is 22.8 Å². The lowest BCUT2D eigenvalue weighted by Gasteiger charge is -2.14. The molecular formula is C60H48N4O24. The third kappa shape index (κ3) is 14.6. The number of aliphatic carboxylic acids is 8. The van der Waals surface area contributed by atoms with Crippen LogP contribution in [-0.4, -0.2) is 161 Å². The fourth-order valence-electron chi connectivity index (χ4n) is 9.42. The van der Waals surface area contributed by atoms with Crippen LogP contribution in [0.5, 0.6) is 46.0 Å². The van der Waals surface area contributed by atoms with E-state index in [-0.39, 0.29) is 70.2 Å². The van der Waals surface area contributed by atoms with Gasteiger partial charge in [0.15, 0.2) is 98.9 Å². The van der Waals surface area contributed by atoms with E-state index < -0.39 is 101 Å². The van der Waals surface area contributed by atoms with Gasteiger partial charge in [-0.15, -0.1) is 0 Å². The molecule has 7 aromatic rings. The molecule has 8 bridgehead atoms. The molecule has 28 nitrogen and oxygen atoms in total. The molecule has 5 heterocycles. The first-order chi connectivity index (χ1) is 42.2. The average molecular weight is 1210 g/mol. The van der Waals surface area contributed by atoms with Gasteiger partial charge in [0.25, 0.3) is 0 Å². The van der Waals surface area contributed by atoms with Crippen molar-refractivity contribution in [3.05, 3.63) is 120 Å². The SMILES string of the molecule is O=C(O)COc1ccc(-c2c3nc(c(-c4ccc(OCC(=O)O)c(OCC(=O)O)c4)c4ccc([nH]4)c(-c4ccc(OCC(=O)O)c(OCC(=O)O)c4)c4nc(c(-c5ccc(OCC(=O)O)c(OCC(=O)O)c5)c5ccc2[nH]5)CC4)C=C3)cc1OCC(=O)O. The molecule has 0 fully saturated rings. The van der Waals surface area contributed by atoms with Gasteiger partial charge in [-0.05, 0) is 120 Å². The van der Waals surface area contributed by atoms with Gasteiger partial charge in [-0.3, -0.25) is 4.98 Å². The number of carboxylic acids is 8. The molecular weight excluding hydrogens is 1160 g/mol. The van der Waals surface area contributed by atoms with Crippen molar-refractivity contribution in [3.63, 3.8) is 0 Å². The molecule has 10 N–H and O–H groups in total. The van der Waals surface area contributed by atoms with Crippen molar-refractivity contribution >= 4 is 82.0 Å². The van der Waals surface area contributed by atoms with Gasteiger partial charge in [-0.1, -0.05) is 24.3 Å². The average Bonchev–Trinajstić information content (AvgIpc) is 2.11. The highest BCUT2D eigenvalue weighted by molar-refractivity contribution is 5.98. The Morgan fingerprint density at radius 1 is 0.307 bits per heavy atom. The summed E-state index contributed by atoms with van der Waals surface area (Å²) in [5.41, 5.74) is 5.36. The van der Waals surface area contributed by atoms with E-state index in [1.165, 1.54) is 48.5 Å². The minimum absolute atomic E-state index is 0.114. The Bertz CT molecular complexity index is 3920. The molecule has 452 valence electrons. The summed E-state index contributed by atoms with van der Waals surface area (Å²) in [6.45, 7) is -6.74. The lowest BCUT2D eigenvalue weighted by atomic mass is 10.00. The van der Waals surface area contributed by atoms with Gasteiger partial charge in [0, 0.05) is 44.3 Å². The smallest absolute Gasteiger partial charge is 0.341 e. The van der Waals surface area contributed by atoms with Crippen LogP contribution in [0.25, 0.3) is 78.7 Å². The predicted molar refractivity (Wildman–Crippen MR) is 304 cm³/mol. The first-order valence-electron chi connectivity index (χ1n) is 26.0. The minimum atomic E-state index is -1.37. The molecule has 28 heteroatoms. The summed E-state index contributed by atoms with van der Waals surface area (Å²) < 4.78 is 44.7. The van der Waals surface area contributed by atoms with Crippen molar-refractivity contribution in [2.24, 2.45) is 0 Å². The number of aryl methyl sites for hydroxylation is 2. The summed E-state index contributed by atoms with van der Waals surface area (Å²) in [5, 5.41) is 76.6. The number of nitrogens with one attached hydrogen (secondary N) is 2. The van der Waals surface area contributed by atoms with Crippen LogP contribution in [-0.2, 0) is 51.2 Å². The standard InChI is InChI=1S/C60H48N4O24/c65-49(66)21-81-41-13-1-29(17-45(41)85-25-53(73)74)57-33-5-7-35(61-33)58(30-2-14-42(82-22-50(67)68)46(18-30)86-26-54(75)76)37-9-11-39(63-37)60(32-4-16-44(84-24-52(71)72)48(20-32)88-28-56(79)80)40-12-10-38(64-40)59(36-8-6-34(57)62-36)31-3-15-43(83-23-51(69)70)47(19-31)87-27-55(77)78/h1-9,11,13-20,62-63H,10,12,21-28H2,(H,65,66)(H,67,68)(H,69,70)(H,71,72)(H,73,74)(H,75,76)(H,77,78)(H,79,80). The van der Waals surface area contributed by atoms with Crippen LogP contribution in [0.4, 0.5) is 0 Å². The molecule has 0 saturated carbocycles. The predicted octanol–water partition coefficient (Wildman–Crippen LogP) is 6.65. The zero-order chi connectivity index (χ0) is 62.8. The first-order valence-corrected chi connectivity index (χ1v) is 26.0. The number of carbonyl (C=O) groups is 8. The number of aromatic nitrogens is 4. The van der Waals surface area contributed by atoms with Gasteiger partial charge in [0.1, 0.15) is 0 Å². The summed E-state index contributed by atoms with van der Waals surface area (Å²) >= 11 is 0. The molecule has 0 aliphatic carbocycles. The number of rotatable bonds is 28. The van der Waals surface area contributed by atoms with Crippen LogP contribution < -0.4 is 37.9 Å². The van der Waals surface area contributed by atoms with Gasteiger partial charge >= 0.3 is 47.8 Å². The second-order valence-electron chi connectivity index (χ2n) is 18.9. The molecule has 3 aromatic heterocycles. The maximum absolute atomic E-state index is 11.9. The highest BCUT2D eigenvalue weighted by atomic mass is 16.6. The summed E-state index contributed by atoms with van der Waals surface area (Å²) in [6.07, 6.45) is 3.65. The van der Waals surface area contributed by atoms with E-state index in [1.807, 2.05) is 0 Å². The molecule has 0 unspecified atom stereocenters. The van der Waals surface area contributed by atoms with E-state index >= 15 is 0 Å². The fraction of sp³-hybridized carbons (Fsp3) is 0.167. The topological polar surface area (TPSA) is 430 Å². The molecule has 9 rings (SSSR count).